The minimum absolute atomic E-state index is 0. The molecular formula is C3H10Cl4CrO11. The number of carbonyl (C=O) groups is 3. The Morgan fingerprint density at radius 3 is 0.684 bits per heavy atom. The maximum absolute atomic E-state index is 9.10. The number of carboxylic acids is 2. The predicted molar refractivity (Wildman–Crippen MR) is 60.7 cm³/mol. The first-order valence-electron chi connectivity index (χ1n) is 2.46. The summed E-state index contributed by atoms with van der Waals surface area (Å²) in [7, 11) is 0. The van der Waals surface area contributed by atoms with Crippen molar-refractivity contribution >= 4 is 67.7 Å². The van der Waals surface area contributed by atoms with E-state index in [4.69, 9.17) is 50.7 Å². The van der Waals surface area contributed by atoms with Gasteiger partial charge in [0, 0.05) is 0 Å². The molecule has 0 fully saturated rings. The Morgan fingerprint density at radius 1 is 0.632 bits per heavy atom. The summed E-state index contributed by atoms with van der Waals surface area (Å²) in [5, 5.41) is 28.7. The quantitative estimate of drug-likeness (QED) is 0.283. The van der Waals surface area contributed by atoms with E-state index in [0.717, 1.165) is 0 Å². The molecule has 122 valence electrons. The second-order valence-electron chi connectivity index (χ2n) is 1.34. The molecule has 0 aliphatic carbocycles. The molecule has 0 aromatic carbocycles. The van der Waals surface area contributed by atoms with Crippen molar-refractivity contribution in [1.29, 1.82) is 0 Å². The summed E-state index contributed by atoms with van der Waals surface area (Å²) in [6, 6.07) is 0. The van der Waals surface area contributed by atoms with Crippen LogP contribution < -0.4 is 0 Å². The summed E-state index contributed by atoms with van der Waals surface area (Å²) in [6.45, 7) is 0. The Balaban J connectivity index is -0.0000000209. The number of hydrogen-bond donors (Lipinski definition) is 6. The topological polar surface area (TPSA) is 207 Å². The van der Waals surface area contributed by atoms with Crippen LogP contribution in [0.2, 0.25) is 0 Å². The molecule has 0 aromatic rings. The van der Waals surface area contributed by atoms with E-state index in [1.54, 1.807) is 0 Å². The van der Waals surface area contributed by atoms with Gasteiger partial charge in [0.2, 0.25) is 0 Å². The van der Waals surface area contributed by atoms with E-state index in [9.17, 15) is 0 Å². The number of carboxylic acid groups (broad SMARTS) is 4. The zero-order valence-corrected chi connectivity index (χ0v) is 12.8. The van der Waals surface area contributed by atoms with Crippen molar-refractivity contribution in [3.8, 4) is 0 Å². The van der Waals surface area contributed by atoms with E-state index in [1.807, 2.05) is 0 Å². The first-order chi connectivity index (χ1) is 6.37. The number of rotatable bonds is 0. The molecule has 0 aliphatic rings. The van der Waals surface area contributed by atoms with Gasteiger partial charge in [-0.15, -0.1) is 49.6 Å². The summed E-state index contributed by atoms with van der Waals surface area (Å²) in [5.74, 6) is -3.65. The van der Waals surface area contributed by atoms with E-state index in [0.29, 0.717) is 0 Å². The van der Waals surface area contributed by atoms with Gasteiger partial charge in [-0.3, -0.25) is 0 Å². The Kier molecular flexibility index (Phi) is 51.0. The van der Waals surface area contributed by atoms with Crippen molar-refractivity contribution in [3.63, 3.8) is 0 Å². The molecule has 11 nitrogen and oxygen atoms in total. The monoisotopic (exact) mass is 414 g/mol. The minimum atomic E-state index is -5.25. The average molecular weight is 416 g/mol. The molecule has 0 radical (unpaired) electrons. The van der Waals surface area contributed by atoms with Crippen LogP contribution in [-0.2, 0) is 30.8 Å². The van der Waals surface area contributed by atoms with E-state index in [1.165, 1.54) is 0 Å². The fourth-order valence-corrected chi connectivity index (χ4v) is 0. The van der Waals surface area contributed by atoms with E-state index < -0.39 is 31.7 Å². The molecule has 16 heteroatoms. The van der Waals surface area contributed by atoms with Crippen molar-refractivity contribution in [2.24, 2.45) is 0 Å². The van der Waals surface area contributed by atoms with Crippen LogP contribution in [0.1, 0.15) is 0 Å². The first kappa shape index (κ1) is 42.9. The number of halogens is 4. The van der Waals surface area contributed by atoms with Gasteiger partial charge in [-0.2, -0.15) is 0 Å². The van der Waals surface area contributed by atoms with Gasteiger partial charge in [0.25, 0.3) is 0 Å². The van der Waals surface area contributed by atoms with Gasteiger partial charge in [0.05, 0.1) is 0 Å². The normalized spacial score (nSPS) is 6.63. The molecule has 0 aromatic heterocycles. The molecular weight excluding hydrogens is 406 g/mol. The zero-order valence-electron chi connectivity index (χ0n) is 8.27. The molecule has 0 saturated carbocycles. The Labute approximate surface area is 132 Å². The molecule has 6 N–H and O–H groups in total. The van der Waals surface area contributed by atoms with Gasteiger partial charge < -0.3 is 20.4 Å². The van der Waals surface area contributed by atoms with Crippen molar-refractivity contribution in [3.05, 3.63) is 0 Å². The van der Waals surface area contributed by atoms with Crippen LogP contribution in [-0.4, -0.2) is 46.8 Å². The summed E-state index contributed by atoms with van der Waals surface area (Å²) < 4.78 is 31.9. The Bertz CT molecular complexity index is 301. The Hall–Kier alpha value is -0.578. The summed E-state index contributed by atoms with van der Waals surface area (Å²) in [6.07, 6.45) is -1.83. The third-order valence-electron chi connectivity index (χ3n) is 0.183. The van der Waals surface area contributed by atoms with Crippen LogP contribution in [0.15, 0.2) is 0 Å². The van der Waals surface area contributed by atoms with E-state index in [2.05, 4.69) is 0 Å². The third-order valence-corrected chi connectivity index (χ3v) is 0.183. The molecule has 0 saturated heterocycles. The van der Waals surface area contributed by atoms with Crippen LogP contribution in [0.3, 0.4) is 0 Å². The van der Waals surface area contributed by atoms with Gasteiger partial charge in [0.15, 0.2) is 0 Å². The molecule has 0 spiro atoms. The molecule has 0 atom stereocenters. The van der Waals surface area contributed by atoms with Gasteiger partial charge in [-0.1, -0.05) is 0 Å². The third kappa shape index (κ3) is 354. The second kappa shape index (κ2) is 22.6. The second-order valence-corrected chi connectivity index (χ2v) is 2.74. The summed E-state index contributed by atoms with van der Waals surface area (Å²) in [4.78, 5) is 26.8. The molecule has 0 amide bonds. The number of aliphatic carboxylic acids is 2. The van der Waals surface area contributed by atoms with Gasteiger partial charge in [-0.25, -0.2) is 14.4 Å². The average Bonchev–Trinajstić information content (AvgIpc) is 1.80. The molecule has 19 heavy (non-hydrogen) atoms. The van der Waals surface area contributed by atoms with Crippen LogP contribution in [0.5, 0.6) is 0 Å². The molecule has 0 unspecified atom stereocenters. The van der Waals surface area contributed by atoms with E-state index in [-0.39, 0.29) is 49.6 Å². The molecule has 0 bridgehead atoms. The summed E-state index contributed by atoms with van der Waals surface area (Å²) in [5.41, 5.74) is 0. The zero-order chi connectivity index (χ0) is 13.2. The molecule has 0 heterocycles. The van der Waals surface area contributed by atoms with Crippen molar-refractivity contribution in [2.45, 2.75) is 0 Å². The predicted octanol–water partition coefficient (Wildman–Crippen LogP) is -0.289. The molecule has 0 rings (SSSR count). The first-order valence-corrected chi connectivity index (χ1v) is 4.64. The molecule has 0 aliphatic heterocycles. The van der Waals surface area contributed by atoms with Crippen LogP contribution in [0.4, 0.5) is 4.79 Å². The van der Waals surface area contributed by atoms with Crippen LogP contribution in [0, 0.1) is 0 Å². The fraction of sp³-hybridized carbons (Fsp3) is 0. The van der Waals surface area contributed by atoms with Crippen LogP contribution in [0.25, 0.3) is 0 Å². The fourth-order valence-electron chi connectivity index (χ4n) is 0. The Morgan fingerprint density at radius 2 is 0.684 bits per heavy atom. The van der Waals surface area contributed by atoms with Crippen molar-refractivity contribution in [1.82, 2.24) is 0 Å². The van der Waals surface area contributed by atoms with Gasteiger partial charge in [0.1, 0.15) is 0 Å². The van der Waals surface area contributed by atoms with E-state index >= 15 is 0 Å². The maximum atomic E-state index is 9.10. The van der Waals surface area contributed by atoms with Crippen molar-refractivity contribution in [2.75, 3.05) is 0 Å². The van der Waals surface area contributed by atoms with Crippen LogP contribution >= 0.6 is 49.6 Å². The summed E-state index contributed by atoms with van der Waals surface area (Å²) >= 11 is -5.25. The van der Waals surface area contributed by atoms with Crippen molar-refractivity contribution < 1.29 is 64.3 Å². The van der Waals surface area contributed by atoms with Gasteiger partial charge in [-0.05, 0) is 0 Å². The number of hydrogen-bond acceptors (Lipinski definition) is 5. The SMILES string of the molecule is Cl.Cl.Cl.Cl.O=C(O)C(=O)O.O=C(O)O.[O]=[Cr](=[O])([OH])[OH]. The van der Waals surface area contributed by atoms with Gasteiger partial charge >= 0.3 is 47.6 Å². The standard InChI is InChI=1S/C2H2O4.CH2O3.4ClH.Cr.2H2O.2O/c3-1(4)2(5)6;2-1(3)4;;;;;;;;;/h(H,3,4)(H,5,6);(H2,2,3,4);4*1H;;2*1H2;;/q;;;;;;+2;;;;/p-2.